The molecule has 0 spiro atoms. The maximum absolute atomic E-state index is 12.7. The highest BCUT2D eigenvalue weighted by Gasteiger charge is 2.33. The summed E-state index contributed by atoms with van der Waals surface area (Å²) in [7, 11) is 0. The van der Waals surface area contributed by atoms with Crippen molar-refractivity contribution >= 4 is 46.1 Å². The first kappa shape index (κ1) is 32.7. The van der Waals surface area contributed by atoms with Gasteiger partial charge >= 0.3 is 11.9 Å². The summed E-state index contributed by atoms with van der Waals surface area (Å²) in [6.45, 7) is 8.90. The molecule has 0 saturated carbocycles. The van der Waals surface area contributed by atoms with Crippen molar-refractivity contribution in [1.82, 2.24) is 14.9 Å². The molecule has 3 aromatic carbocycles. The van der Waals surface area contributed by atoms with E-state index >= 15 is 0 Å². The minimum Gasteiger partial charge on any atom is -0.487 e. The van der Waals surface area contributed by atoms with Crippen LogP contribution in [0.5, 0.6) is 5.75 Å². The van der Waals surface area contributed by atoms with Crippen molar-refractivity contribution in [3.8, 4) is 16.9 Å². The average molecular weight is 668 g/mol. The van der Waals surface area contributed by atoms with Crippen LogP contribution in [-0.2, 0) is 40.3 Å². The zero-order chi connectivity index (χ0) is 33.1. The number of nitrogens with one attached hydrogen (secondary N) is 1. The zero-order valence-electron chi connectivity index (χ0n) is 27.0. The van der Waals surface area contributed by atoms with E-state index in [1.165, 1.54) is 15.8 Å². The van der Waals surface area contributed by atoms with E-state index in [1.807, 2.05) is 80.3 Å². The van der Waals surface area contributed by atoms with Crippen molar-refractivity contribution in [1.29, 1.82) is 0 Å². The molecule has 1 amide bonds. The lowest BCUT2D eigenvalue weighted by molar-refractivity contribution is -0.155. The van der Waals surface area contributed by atoms with Gasteiger partial charge in [-0.2, -0.15) is 0 Å². The molecule has 1 aliphatic heterocycles. The van der Waals surface area contributed by atoms with Crippen LogP contribution in [0, 0.1) is 0 Å². The van der Waals surface area contributed by atoms with Crippen LogP contribution in [0.15, 0.2) is 90.0 Å². The van der Waals surface area contributed by atoms with Gasteiger partial charge in [0.25, 0.3) is 0 Å². The van der Waals surface area contributed by atoms with E-state index in [4.69, 9.17) is 21.1 Å². The number of hydrogen-bond acceptors (Lipinski definition) is 6. The average Bonchev–Trinajstić information content (AvgIpc) is 3.33. The van der Waals surface area contributed by atoms with Crippen molar-refractivity contribution in [3.05, 3.63) is 113 Å². The molecule has 9 heteroatoms. The largest absolute Gasteiger partial charge is 0.487 e. The second-order valence-electron chi connectivity index (χ2n) is 12.5. The lowest BCUT2D eigenvalue weighted by Crippen LogP contribution is -2.48. The number of hydrogen-bond donors (Lipinski definition) is 1. The van der Waals surface area contributed by atoms with Crippen LogP contribution in [0.3, 0.4) is 0 Å². The van der Waals surface area contributed by atoms with Gasteiger partial charge in [-0.1, -0.05) is 67.1 Å². The van der Waals surface area contributed by atoms with Gasteiger partial charge in [0, 0.05) is 62.1 Å². The molecule has 0 radical (unpaired) electrons. The van der Waals surface area contributed by atoms with Gasteiger partial charge in [-0.15, -0.1) is 11.8 Å². The molecule has 5 aromatic rings. The first-order chi connectivity index (χ1) is 22.6. The van der Waals surface area contributed by atoms with Crippen molar-refractivity contribution in [2.75, 3.05) is 6.61 Å². The normalized spacial score (nSPS) is 14.2. The summed E-state index contributed by atoms with van der Waals surface area (Å²) in [5.41, 5.74) is 6.80. The van der Waals surface area contributed by atoms with E-state index in [9.17, 15) is 9.59 Å². The number of esters is 1. The van der Waals surface area contributed by atoms with Crippen molar-refractivity contribution in [3.63, 3.8) is 0 Å². The van der Waals surface area contributed by atoms with Crippen molar-refractivity contribution in [2.24, 2.45) is 0 Å². The van der Waals surface area contributed by atoms with Gasteiger partial charge in [-0.3, -0.25) is 9.78 Å². The highest BCUT2D eigenvalue weighted by molar-refractivity contribution is 8.00. The quantitative estimate of drug-likeness (QED) is 0.120. The molecule has 1 atom stereocenters. The number of carbonyl (C=O) groups is 2. The molecule has 0 bridgehead atoms. The Hall–Kier alpha value is -4.27. The molecule has 1 unspecified atom stereocenters. The standard InChI is InChI=1S/C38H38ClN3O4S/c1-5-45-37(44)36(43)41-38(3,4)20-32-35-34-30(19-24(2)47-35)33(18-17-31(34)42(32)22-25-11-14-28(39)15-12-25)46-23-29-16-13-27(21-40-29)26-9-7-6-8-10-26/h6-18,21,24H,5,19-20,22-23H2,1-4H3,(H,41,43). The SMILES string of the molecule is CCOC(=O)C(=O)NC(C)(C)Cc1c2c3c(c(OCc4ccc(-c5ccccc5)cn4)ccc3n1Cc1ccc(Cl)cc1)CC(C)S2. The fraction of sp³-hybridized carbons (Fsp3) is 0.289. The predicted molar refractivity (Wildman–Crippen MR) is 188 cm³/mol. The predicted octanol–water partition coefficient (Wildman–Crippen LogP) is 8.02. The van der Waals surface area contributed by atoms with Crippen LogP contribution in [-0.4, -0.2) is 38.8 Å². The first-order valence-corrected chi connectivity index (χ1v) is 17.1. The van der Waals surface area contributed by atoms with Crippen molar-refractivity contribution < 1.29 is 19.1 Å². The fourth-order valence-electron chi connectivity index (χ4n) is 6.11. The Morgan fingerprint density at radius 2 is 1.79 bits per heavy atom. The Morgan fingerprint density at radius 3 is 2.49 bits per heavy atom. The Bertz CT molecular complexity index is 1900. The summed E-state index contributed by atoms with van der Waals surface area (Å²) < 4.78 is 13.8. The number of nitrogens with zero attached hydrogens (tertiary/aromatic N) is 2. The van der Waals surface area contributed by atoms with E-state index < -0.39 is 17.4 Å². The molecular weight excluding hydrogens is 630 g/mol. The second kappa shape index (κ2) is 13.8. The molecule has 6 rings (SSSR count). The summed E-state index contributed by atoms with van der Waals surface area (Å²) in [5.74, 6) is -0.765. The van der Waals surface area contributed by atoms with E-state index in [2.05, 4.69) is 52.1 Å². The van der Waals surface area contributed by atoms with Gasteiger partial charge in [0.15, 0.2) is 0 Å². The number of ether oxygens (including phenoxy) is 2. The number of benzene rings is 3. The van der Waals surface area contributed by atoms with Crippen LogP contribution in [0.25, 0.3) is 22.0 Å². The number of pyridine rings is 1. The van der Waals surface area contributed by atoms with Gasteiger partial charge in [-0.05, 0) is 68.7 Å². The third kappa shape index (κ3) is 7.34. The van der Waals surface area contributed by atoms with Gasteiger partial charge < -0.3 is 19.4 Å². The minimum atomic E-state index is -0.875. The molecule has 3 heterocycles. The van der Waals surface area contributed by atoms with Crippen LogP contribution in [0.4, 0.5) is 0 Å². The van der Waals surface area contributed by atoms with Gasteiger partial charge in [0.05, 0.1) is 17.8 Å². The van der Waals surface area contributed by atoms with E-state index in [1.54, 1.807) is 6.92 Å². The number of aromatic nitrogens is 2. The van der Waals surface area contributed by atoms with E-state index in [-0.39, 0.29) is 6.61 Å². The molecule has 242 valence electrons. The second-order valence-corrected chi connectivity index (χ2v) is 14.4. The summed E-state index contributed by atoms with van der Waals surface area (Å²) in [5, 5.41) is 5.07. The summed E-state index contributed by atoms with van der Waals surface area (Å²) >= 11 is 8.06. The Kier molecular flexibility index (Phi) is 9.62. The molecule has 47 heavy (non-hydrogen) atoms. The van der Waals surface area contributed by atoms with Crippen LogP contribution < -0.4 is 10.1 Å². The van der Waals surface area contributed by atoms with Gasteiger partial charge in [-0.25, -0.2) is 4.79 Å². The smallest absolute Gasteiger partial charge is 0.396 e. The Balaban J connectivity index is 1.35. The number of amides is 1. The number of halogens is 1. The number of thioether (sulfide) groups is 1. The molecule has 1 N–H and O–H groups in total. The number of rotatable bonds is 10. The van der Waals surface area contributed by atoms with E-state index in [0.717, 1.165) is 45.8 Å². The molecule has 0 fully saturated rings. The highest BCUT2D eigenvalue weighted by Crippen LogP contribution is 2.47. The third-order valence-electron chi connectivity index (χ3n) is 8.25. The summed E-state index contributed by atoms with van der Waals surface area (Å²) in [6, 6.07) is 26.4. The monoisotopic (exact) mass is 667 g/mol. The van der Waals surface area contributed by atoms with E-state index in [0.29, 0.717) is 29.8 Å². The molecule has 0 aliphatic carbocycles. The van der Waals surface area contributed by atoms with Crippen LogP contribution in [0.2, 0.25) is 5.02 Å². The molecule has 1 aliphatic rings. The Labute approximate surface area is 284 Å². The van der Waals surface area contributed by atoms with Crippen LogP contribution in [0.1, 0.15) is 50.2 Å². The molecule has 7 nitrogen and oxygen atoms in total. The minimum absolute atomic E-state index is 0.142. The molecular formula is C38H38ClN3O4S. The third-order valence-corrected chi connectivity index (χ3v) is 9.74. The summed E-state index contributed by atoms with van der Waals surface area (Å²) in [6.07, 6.45) is 3.25. The lowest BCUT2D eigenvalue weighted by Gasteiger charge is -2.28. The van der Waals surface area contributed by atoms with Gasteiger partial charge in [0.1, 0.15) is 12.4 Å². The highest BCUT2D eigenvalue weighted by atomic mass is 35.5. The topological polar surface area (TPSA) is 82.5 Å². The lowest BCUT2D eigenvalue weighted by atomic mass is 9.97. The summed E-state index contributed by atoms with van der Waals surface area (Å²) in [4.78, 5) is 30.7. The zero-order valence-corrected chi connectivity index (χ0v) is 28.6. The molecule has 0 saturated heterocycles. The fourth-order valence-corrected chi connectivity index (χ4v) is 7.55. The molecule has 2 aromatic heterocycles. The first-order valence-electron chi connectivity index (χ1n) is 15.8. The maximum atomic E-state index is 12.7. The maximum Gasteiger partial charge on any atom is 0.396 e. The van der Waals surface area contributed by atoms with Crippen LogP contribution >= 0.6 is 23.4 Å². The van der Waals surface area contributed by atoms with Gasteiger partial charge in [0.2, 0.25) is 0 Å². The number of carbonyl (C=O) groups excluding carboxylic acids is 2. The van der Waals surface area contributed by atoms with Crippen molar-refractivity contribution in [2.45, 2.75) is 69.4 Å². The Morgan fingerprint density at radius 1 is 1.02 bits per heavy atom.